The average Bonchev–Trinajstić information content (AvgIpc) is 2.00. The van der Waals surface area contributed by atoms with E-state index in [1.54, 1.807) is 0 Å². The third-order valence-corrected chi connectivity index (χ3v) is 1.49. The lowest BCUT2D eigenvalue weighted by molar-refractivity contribution is -0.387. The number of phenolic OH excluding ortho intramolecular Hbond substituents is 1. The number of nitrogens with zero attached hydrogens (tertiary/aromatic N) is 1. The molecule has 1 rings (SSSR count). The topological polar surface area (TPSA) is 63.4 Å². The molecule has 0 aliphatic carbocycles. The number of rotatable bonds is 1. The molecule has 0 amide bonds. The van der Waals surface area contributed by atoms with Crippen molar-refractivity contribution in [3.63, 3.8) is 0 Å². The van der Waals surface area contributed by atoms with E-state index in [0.29, 0.717) is 0 Å². The molecule has 0 saturated carbocycles. The van der Waals surface area contributed by atoms with E-state index >= 15 is 0 Å². The smallest absolute Gasteiger partial charge is 0.308 e. The molecule has 12 heavy (non-hydrogen) atoms. The summed E-state index contributed by atoms with van der Waals surface area (Å²) in [6.07, 6.45) is 0. The maximum atomic E-state index is 12.8. The van der Waals surface area contributed by atoms with Crippen LogP contribution in [-0.4, -0.2) is 10.0 Å². The van der Waals surface area contributed by atoms with E-state index in [1.807, 2.05) is 0 Å². The molecular formula is C7H6FNO3. The highest BCUT2D eigenvalue weighted by molar-refractivity contribution is 5.44. The van der Waals surface area contributed by atoms with E-state index in [1.165, 1.54) is 13.0 Å². The van der Waals surface area contributed by atoms with Gasteiger partial charge in [0, 0.05) is 6.07 Å². The number of nitro benzene ring substituents is 1. The highest BCUT2D eigenvalue weighted by atomic mass is 19.1. The number of nitro groups is 1. The Morgan fingerprint density at radius 1 is 1.58 bits per heavy atom. The molecule has 0 aliphatic rings. The number of halogens is 1. The van der Waals surface area contributed by atoms with Gasteiger partial charge in [-0.2, -0.15) is 4.39 Å². The molecule has 1 aromatic carbocycles. The number of hydrogen-bond donors (Lipinski definition) is 1. The number of benzene rings is 1. The predicted molar refractivity (Wildman–Crippen MR) is 39.5 cm³/mol. The molecule has 64 valence electrons. The van der Waals surface area contributed by atoms with Crippen molar-refractivity contribution in [1.29, 1.82) is 0 Å². The highest BCUT2D eigenvalue weighted by Gasteiger charge is 2.18. The minimum Gasteiger partial charge on any atom is -0.504 e. The fraction of sp³-hybridized carbons (Fsp3) is 0.143. The second kappa shape index (κ2) is 2.77. The zero-order valence-corrected chi connectivity index (χ0v) is 6.24. The molecule has 0 aromatic heterocycles. The largest absolute Gasteiger partial charge is 0.504 e. The van der Waals surface area contributed by atoms with Crippen LogP contribution in [0, 0.1) is 22.9 Å². The Morgan fingerprint density at radius 3 is 2.67 bits per heavy atom. The molecule has 0 atom stereocenters. The van der Waals surface area contributed by atoms with Gasteiger partial charge in [-0.15, -0.1) is 0 Å². The second-order valence-corrected chi connectivity index (χ2v) is 2.32. The van der Waals surface area contributed by atoms with Crippen molar-refractivity contribution in [3.05, 3.63) is 33.6 Å². The molecule has 0 radical (unpaired) electrons. The molecule has 0 fully saturated rings. The van der Waals surface area contributed by atoms with Crippen LogP contribution in [0.4, 0.5) is 10.1 Å². The first-order chi connectivity index (χ1) is 5.54. The monoisotopic (exact) mass is 171 g/mol. The summed E-state index contributed by atoms with van der Waals surface area (Å²) in [5.74, 6) is -1.84. The molecule has 0 spiro atoms. The summed E-state index contributed by atoms with van der Waals surface area (Å²) in [5, 5.41) is 19.1. The minimum absolute atomic E-state index is 0.276. The van der Waals surface area contributed by atoms with E-state index in [9.17, 15) is 14.5 Å². The first kappa shape index (κ1) is 8.45. The van der Waals surface area contributed by atoms with Crippen LogP contribution in [0.3, 0.4) is 0 Å². The summed E-state index contributed by atoms with van der Waals surface area (Å²) in [6, 6.07) is 2.31. The van der Waals surface area contributed by atoms with Crippen LogP contribution in [0.25, 0.3) is 0 Å². The normalized spacial score (nSPS) is 9.83. The van der Waals surface area contributed by atoms with Crippen molar-refractivity contribution >= 4 is 5.69 Å². The summed E-state index contributed by atoms with van der Waals surface area (Å²) >= 11 is 0. The Morgan fingerprint density at radius 2 is 2.17 bits per heavy atom. The van der Waals surface area contributed by atoms with Gasteiger partial charge in [-0.3, -0.25) is 10.1 Å². The van der Waals surface area contributed by atoms with Crippen LogP contribution in [0.5, 0.6) is 5.75 Å². The van der Waals surface area contributed by atoms with Gasteiger partial charge in [0.05, 0.1) is 4.92 Å². The molecule has 1 aromatic rings. The first-order valence-corrected chi connectivity index (χ1v) is 3.16. The SMILES string of the molecule is Cc1ccc([N+](=O)[O-])c(F)c1O. The van der Waals surface area contributed by atoms with Crippen molar-refractivity contribution in [2.24, 2.45) is 0 Å². The summed E-state index contributed by atoms with van der Waals surface area (Å²) in [7, 11) is 0. The number of aromatic hydroxyl groups is 1. The van der Waals surface area contributed by atoms with Crippen LogP contribution < -0.4 is 0 Å². The molecule has 0 saturated heterocycles. The fourth-order valence-corrected chi connectivity index (χ4v) is 0.791. The Hall–Kier alpha value is -1.65. The zero-order chi connectivity index (χ0) is 9.30. The van der Waals surface area contributed by atoms with Crippen molar-refractivity contribution in [3.8, 4) is 5.75 Å². The second-order valence-electron chi connectivity index (χ2n) is 2.32. The minimum atomic E-state index is -1.18. The maximum Gasteiger partial charge on any atom is 0.308 e. The third kappa shape index (κ3) is 1.20. The number of aryl methyl sites for hydroxylation is 1. The van der Waals surface area contributed by atoms with Gasteiger partial charge in [-0.05, 0) is 18.6 Å². The Balaban J connectivity index is 3.36. The van der Waals surface area contributed by atoms with Gasteiger partial charge in [0.15, 0.2) is 5.75 Å². The lowest BCUT2D eigenvalue weighted by atomic mass is 10.2. The van der Waals surface area contributed by atoms with Gasteiger partial charge < -0.3 is 5.11 Å². The fourth-order valence-electron chi connectivity index (χ4n) is 0.791. The average molecular weight is 171 g/mol. The van der Waals surface area contributed by atoms with Crippen LogP contribution in [-0.2, 0) is 0 Å². The van der Waals surface area contributed by atoms with Gasteiger partial charge in [0.1, 0.15) is 0 Å². The predicted octanol–water partition coefficient (Wildman–Crippen LogP) is 1.75. The standard InChI is InChI=1S/C7H6FNO3/c1-4-2-3-5(9(11)12)6(8)7(4)10/h2-3,10H,1H3. The number of phenols is 1. The Labute approximate surface area is 67.4 Å². The maximum absolute atomic E-state index is 12.8. The lowest BCUT2D eigenvalue weighted by Gasteiger charge is -1.99. The Bertz CT molecular complexity index is 338. The van der Waals surface area contributed by atoms with Crippen molar-refractivity contribution in [2.45, 2.75) is 6.92 Å². The molecular weight excluding hydrogens is 165 g/mol. The summed E-state index contributed by atoms with van der Waals surface area (Å²) in [5.41, 5.74) is -0.434. The van der Waals surface area contributed by atoms with Crippen LogP contribution >= 0.6 is 0 Å². The van der Waals surface area contributed by atoms with Gasteiger partial charge in [-0.25, -0.2) is 0 Å². The molecule has 0 heterocycles. The van der Waals surface area contributed by atoms with E-state index in [-0.39, 0.29) is 5.56 Å². The molecule has 0 unspecified atom stereocenters. The van der Waals surface area contributed by atoms with Gasteiger partial charge in [0.25, 0.3) is 0 Å². The highest BCUT2D eigenvalue weighted by Crippen LogP contribution is 2.28. The first-order valence-electron chi connectivity index (χ1n) is 3.16. The van der Waals surface area contributed by atoms with Crippen LogP contribution in [0.2, 0.25) is 0 Å². The number of hydrogen-bond acceptors (Lipinski definition) is 3. The van der Waals surface area contributed by atoms with E-state index in [2.05, 4.69) is 0 Å². The van der Waals surface area contributed by atoms with E-state index in [0.717, 1.165) is 6.07 Å². The van der Waals surface area contributed by atoms with Crippen molar-refractivity contribution in [1.82, 2.24) is 0 Å². The quantitative estimate of drug-likeness (QED) is 0.517. The molecule has 0 bridgehead atoms. The van der Waals surface area contributed by atoms with E-state index in [4.69, 9.17) is 5.11 Å². The van der Waals surface area contributed by atoms with Gasteiger partial charge in [-0.1, -0.05) is 0 Å². The van der Waals surface area contributed by atoms with Crippen LogP contribution in [0.1, 0.15) is 5.56 Å². The van der Waals surface area contributed by atoms with Crippen molar-refractivity contribution < 1.29 is 14.4 Å². The molecule has 1 N–H and O–H groups in total. The lowest BCUT2D eigenvalue weighted by Crippen LogP contribution is -1.93. The summed E-state index contributed by atoms with van der Waals surface area (Å²) in [6.45, 7) is 1.46. The van der Waals surface area contributed by atoms with Gasteiger partial charge in [0.2, 0.25) is 5.82 Å². The zero-order valence-electron chi connectivity index (χ0n) is 6.24. The van der Waals surface area contributed by atoms with Crippen LogP contribution in [0.15, 0.2) is 12.1 Å². The molecule has 5 heteroatoms. The molecule has 4 nitrogen and oxygen atoms in total. The molecule has 0 aliphatic heterocycles. The van der Waals surface area contributed by atoms with Gasteiger partial charge >= 0.3 is 5.69 Å². The van der Waals surface area contributed by atoms with E-state index < -0.39 is 22.2 Å². The Kier molecular flexibility index (Phi) is 1.95. The summed E-state index contributed by atoms with van der Waals surface area (Å²) < 4.78 is 12.8. The summed E-state index contributed by atoms with van der Waals surface area (Å²) in [4.78, 5) is 9.26. The van der Waals surface area contributed by atoms with Crippen molar-refractivity contribution in [2.75, 3.05) is 0 Å². The third-order valence-electron chi connectivity index (χ3n) is 1.49.